The molecule has 1 N–H and O–H groups in total. The van der Waals surface area contributed by atoms with Gasteiger partial charge in [0.05, 0.1) is 5.69 Å². The average molecular weight is 428 g/mol. The minimum absolute atomic E-state index is 0.0449. The van der Waals surface area contributed by atoms with Crippen molar-refractivity contribution in [3.63, 3.8) is 0 Å². The Morgan fingerprint density at radius 1 is 0.906 bits per heavy atom. The highest BCUT2D eigenvalue weighted by molar-refractivity contribution is 5.94. The van der Waals surface area contributed by atoms with Crippen LogP contribution in [-0.2, 0) is 19.7 Å². The number of benzene rings is 2. The maximum Gasteiger partial charge on any atom is 0.251 e. The quantitative estimate of drug-likeness (QED) is 0.509. The maximum absolute atomic E-state index is 12.2. The molecule has 2 saturated carbocycles. The van der Waals surface area contributed by atoms with Crippen molar-refractivity contribution in [2.24, 2.45) is 0 Å². The van der Waals surface area contributed by atoms with Crippen LogP contribution in [0.3, 0.4) is 0 Å². The molecule has 0 unspecified atom stereocenters. The van der Waals surface area contributed by atoms with Crippen LogP contribution in [0.25, 0.3) is 0 Å². The molecule has 3 aromatic rings. The molecule has 0 saturated heterocycles. The average Bonchev–Trinajstić information content (AvgIpc) is 3.74. The Kier molecular flexibility index (Phi) is 6.17. The van der Waals surface area contributed by atoms with Crippen LogP contribution in [-0.4, -0.2) is 27.9 Å². The molecule has 1 amide bonds. The lowest BCUT2D eigenvalue weighted by Gasteiger charge is -2.22. The molecule has 5 nitrogen and oxygen atoms in total. The number of nitrogens with zero attached hydrogens (tertiary/aromatic N) is 2. The molecule has 0 spiro atoms. The number of nitrogens with one attached hydrogen (secondary N) is 1. The van der Waals surface area contributed by atoms with E-state index in [2.05, 4.69) is 39.5 Å². The fourth-order valence-corrected chi connectivity index (χ4v) is 3.81. The first kappa shape index (κ1) is 20.7. The van der Waals surface area contributed by atoms with E-state index in [9.17, 15) is 4.79 Å². The largest absolute Gasteiger partial charge is 0.487 e. The lowest BCUT2D eigenvalue weighted by atomic mass is 10.1. The van der Waals surface area contributed by atoms with E-state index in [0.29, 0.717) is 18.7 Å². The predicted molar refractivity (Wildman–Crippen MR) is 124 cm³/mol. The third kappa shape index (κ3) is 5.74. The molecule has 0 radical (unpaired) electrons. The van der Waals surface area contributed by atoms with E-state index in [0.717, 1.165) is 42.9 Å². The highest BCUT2D eigenvalue weighted by atomic mass is 16.5. The van der Waals surface area contributed by atoms with Gasteiger partial charge >= 0.3 is 0 Å². The van der Waals surface area contributed by atoms with Crippen LogP contribution < -0.4 is 10.1 Å². The van der Waals surface area contributed by atoms with Crippen LogP contribution in [0.1, 0.15) is 52.9 Å². The number of carbonyl (C=O) groups is 1. The van der Waals surface area contributed by atoms with E-state index >= 15 is 0 Å². The van der Waals surface area contributed by atoms with E-state index in [4.69, 9.17) is 4.74 Å². The molecule has 2 aromatic carbocycles. The number of amides is 1. The number of carbonyl (C=O) groups excluding carboxylic acids is 1. The van der Waals surface area contributed by atoms with Crippen molar-refractivity contribution < 1.29 is 9.53 Å². The molecule has 164 valence electrons. The Balaban J connectivity index is 1.16. The zero-order chi connectivity index (χ0) is 21.8. The van der Waals surface area contributed by atoms with Crippen molar-refractivity contribution in [2.75, 3.05) is 0 Å². The van der Waals surface area contributed by atoms with Crippen molar-refractivity contribution in [1.29, 1.82) is 0 Å². The summed E-state index contributed by atoms with van der Waals surface area (Å²) in [4.78, 5) is 19.0. The molecule has 0 aliphatic heterocycles. The second-order valence-corrected chi connectivity index (χ2v) is 8.83. The van der Waals surface area contributed by atoms with Crippen molar-refractivity contribution in [3.8, 4) is 5.75 Å². The molecule has 1 heterocycles. The summed E-state index contributed by atoms with van der Waals surface area (Å²) in [7, 11) is 0. The summed E-state index contributed by atoms with van der Waals surface area (Å²) in [6.45, 7) is 2.28. The summed E-state index contributed by atoms with van der Waals surface area (Å²) in [5, 5.41) is 3.05. The van der Waals surface area contributed by atoms with Crippen LogP contribution in [0.4, 0.5) is 0 Å². The maximum atomic E-state index is 12.2. The van der Waals surface area contributed by atoms with Gasteiger partial charge in [-0.05, 0) is 73.2 Å². The third-order valence-corrected chi connectivity index (χ3v) is 6.00. The van der Waals surface area contributed by atoms with Crippen LogP contribution in [0, 0.1) is 0 Å². The summed E-state index contributed by atoms with van der Waals surface area (Å²) in [6, 6.07) is 23.3. The van der Waals surface area contributed by atoms with E-state index in [1.165, 1.54) is 24.0 Å². The first-order chi connectivity index (χ1) is 15.7. The van der Waals surface area contributed by atoms with E-state index < -0.39 is 0 Å². The van der Waals surface area contributed by atoms with Gasteiger partial charge in [-0.3, -0.25) is 14.7 Å². The van der Waals surface area contributed by atoms with Gasteiger partial charge in [0.2, 0.25) is 0 Å². The normalized spacial score (nSPS) is 15.5. The Morgan fingerprint density at radius 2 is 1.59 bits per heavy atom. The van der Waals surface area contributed by atoms with E-state index in [-0.39, 0.29) is 5.91 Å². The van der Waals surface area contributed by atoms with Crippen molar-refractivity contribution in [2.45, 2.75) is 57.5 Å². The number of rotatable bonds is 10. The Bertz CT molecular complexity index is 1030. The van der Waals surface area contributed by atoms with Crippen molar-refractivity contribution in [1.82, 2.24) is 15.2 Å². The van der Waals surface area contributed by atoms with Crippen LogP contribution >= 0.6 is 0 Å². The standard InChI is InChI=1S/C27H29N3O2/c31-27(29-23-10-11-23)22-8-4-20(5-9-22)17-30(25-12-13-25)18-21-6-14-26(15-7-21)32-19-24-3-1-2-16-28-24/h1-9,14-16,23,25H,10-13,17-19H2,(H,29,31). The summed E-state index contributed by atoms with van der Waals surface area (Å²) in [5.74, 6) is 0.904. The molecule has 0 atom stereocenters. The van der Waals surface area contributed by atoms with Gasteiger partial charge in [0.1, 0.15) is 12.4 Å². The van der Waals surface area contributed by atoms with Crippen molar-refractivity contribution >= 4 is 5.91 Å². The monoisotopic (exact) mass is 427 g/mol. The van der Waals surface area contributed by atoms with E-state index in [1.54, 1.807) is 6.20 Å². The number of pyridine rings is 1. The van der Waals surface area contributed by atoms with Gasteiger partial charge < -0.3 is 10.1 Å². The minimum Gasteiger partial charge on any atom is -0.487 e. The molecule has 32 heavy (non-hydrogen) atoms. The first-order valence-electron chi connectivity index (χ1n) is 11.5. The zero-order valence-electron chi connectivity index (χ0n) is 18.2. The smallest absolute Gasteiger partial charge is 0.251 e. The molecule has 2 aliphatic rings. The second kappa shape index (κ2) is 9.53. The highest BCUT2D eigenvalue weighted by Gasteiger charge is 2.29. The molecule has 2 aliphatic carbocycles. The number of hydrogen-bond acceptors (Lipinski definition) is 4. The fourth-order valence-electron chi connectivity index (χ4n) is 3.81. The molecular formula is C27H29N3O2. The zero-order valence-corrected chi connectivity index (χ0v) is 18.2. The highest BCUT2D eigenvalue weighted by Crippen LogP contribution is 2.30. The molecule has 5 rings (SSSR count). The Morgan fingerprint density at radius 3 is 2.19 bits per heavy atom. The molecule has 1 aromatic heterocycles. The SMILES string of the molecule is O=C(NC1CC1)c1ccc(CN(Cc2ccc(OCc3ccccn3)cc2)C2CC2)cc1. The minimum atomic E-state index is 0.0449. The van der Waals surface area contributed by atoms with Crippen LogP contribution in [0.5, 0.6) is 5.75 Å². The third-order valence-electron chi connectivity index (χ3n) is 6.00. The summed E-state index contributed by atoms with van der Waals surface area (Å²) in [5.41, 5.74) is 4.20. The van der Waals surface area contributed by atoms with Gasteiger partial charge in [0.15, 0.2) is 0 Å². The molecular weight excluding hydrogens is 398 g/mol. The molecule has 0 bridgehead atoms. The lowest BCUT2D eigenvalue weighted by molar-refractivity contribution is 0.0951. The Labute approximate surface area is 189 Å². The van der Waals surface area contributed by atoms with Gasteiger partial charge in [-0.1, -0.05) is 30.3 Å². The Hall–Kier alpha value is -3.18. The summed E-state index contributed by atoms with van der Waals surface area (Å²) in [6.07, 6.45) is 6.51. The van der Waals surface area contributed by atoms with Crippen LogP contribution in [0.15, 0.2) is 72.9 Å². The lowest BCUT2D eigenvalue weighted by Crippen LogP contribution is -2.26. The predicted octanol–water partition coefficient (Wildman–Crippen LogP) is 4.72. The van der Waals surface area contributed by atoms with Gasteiger partial charge in [-0.15, -0.1) is 0 Å². The van der Waals surface area contributed by atoms with Crippen LogP contribution in [0.2, 0.25) is 0 Å². The van der Waals surface area contributed by atoms with Gasteiger partial charge in [0, 0.05) is 36.9 Å². The summed E-state index contributed by atoms with van der Waals surface area (Å²) >= 11 is 0. The fraction of sp³-hybridized carbons (Fsp3) is 0.333. The van der Waals surface area contributed by atoms with Crippen molar-refractivity contribution in [3.05, 3.63) is 95.3 Å². The first-order valence-corrected chi connectivity index (χ1v) is 11.5. The number of ether oxygens (including phenoxy) is 1. The summed E-state index contributed by atoms with van der Waals surface area (Å²) < 4.78 is 5.86. The molecule has 2 fully saturated rings. The van der Waals surface area contributed by atoms with Gasteiger partial charge in [-0.2, -0.15) is 0 Å². The van der Waals surface area contributed by atoms with Gasteiger partial charge in [0.25, 0.3) is 5.91 Å². The van der Waals surface area contributed by atoms with Gasteiger partial charge in [-0.25, -0.2) is 0 Å². The van der Waals surface area contributed by atoms with E-state index in [1.807, 2.05) is 42.5 Å². The topological polar surface area (TPSA) is 54.5 Å². The molecule has 5 heteroatoms. The number of aromatic nitrogens is 1. The second-order valence-electron chi connectivity index (χ2n) is 8.83. The number of hydrogen-bond donors (Lipinski definition) is 1.